The quantitative estimate of drug-likeness (QED) is 0.153. The van der Waals surface area contributed by atoms with E-state index in [1.807, 2.05) is 0 Å². The fourth-order valence-electron chi connectivity index (χ4n) is 7.80. The third-order valence-corrected chi connectivity index (χ3v) is 10.8. The van der Waals surface area contributed by atoms with Crippen molar-refractivity contribution in [1.29, 1.82) is 0 Å². The number of anilines is 2. The zero-order valence-corrected chi connectivity index (χ0v) is 30.3. The highest BCUT2D eigenvalue weighted by Gasteiger charge is 2.35. The van der Waals surface area contributed by atoms with Crippen LogP contribution in [0.5, 0.6) is 0 Å². The molecule has 0 saturated heterocycles. The molecule has 1 N–H and O–H groups in total. The van der Waals surface area contributed by atoms with Gasteiger partial charge in [-0.2, -0.15) is 0 Å². The molecule has 7 aromatic rings. The monoisotopic (exact) mass is 671 g/mol. The van der Waals surface area contributed by atoms with Crippen molar-refractivity contribution in [2.75, 3.05) is 5.32 Å². The summed E-state index contributed by atoms with van der Waals surface area (Å²) in [7, 11) is 0. The van der Waals surface area contributed by atoms with Crippen LogP contribution in [0.3, 0.4) is 0 Å². The van der Waals surface area contributed by atoms with Crippen molar-refractivity contribution in [3.05, 3.63) is 198 Å². The first-order valence-electron chi connectivity index (χ1n) is 18.6. The van der Waals surface area contributed by atoms with Crippen LogP contribution < -0.4 is 5.32 Å². The van der Waals surface area contributed by atoms with Crippen LogP contribution in [0.1, 0.15) is 61.8 Å². The number of allylic oxidation sites excluding steroid dienone is 1. The van der Waals surface area contributed by atoms with Gasteiger partial charge in [0.1, 0.15) is 0 Å². The van der Waals surface area contributed by atoms with Crippen LogP contribution in [0.2, 0.25) is 0 Å². The van der Waals surface area contributed by atoms with Crippen molar-refractivity contribution in [2.24, 2.45) is 0 Å². The van der Waals surface area contributed by atoms with Gasteiger partial charge in [0, 0.05) is 22.7 Å². The predicted octanol–water partition coefficient (Wildman–Crippen LogP) is 14.3. The van der Waals surface area contributed by atoms with Gasteiger partial charge < -0.3 is 5.32 Å². The molecule has 1 atom stereocenters. The minimum absolute atomic E-state index is 0.0231. The van der Waals surface area contributed by atoms with Gasteiger partial charge in [-0.25, -0.2) is 0 Å². The van der Waals surface area contributed by atoms with Crippen molar-refractivity contribution < 1.29 is 0 Å². The average molecular weight is 672 g/mol. The second-order valence-corrected chi connectivity index (χ2v) is 14.6. The molecule has 0 aromatic heterocycles. The van der Waals surface area contributed by atoms with Gasteiger partial charge >= 0.3 is 0 Å². The Labute approximate surface area is 309 Å². The van der Waals surface area contributed by atoms with Crippen molar-refractivity contribution in [2.45, 2.75) is 44.9 Å². The summed E-state index contributed by atoms with van der Waals surface area (Å²) in [5.74, 6) is 0.386. The first-order valence-corrected chi connectivity index (χ1v) is 18.6. The van der Waals surface area contributed by atoms with Crippen LogP contribution in [0.15, 0.2) is 176 Å². The molecule has 0 radical (unpaired) electrons. The lowest BCUT2D eigenvalue weighted by Crippen LogP contribution is -2.15. The van der Waals surface area contributed by atoms with Crippen LogP contribution >= 0.6 is 0 Å². The lowest BCUT2D eigenvalue weighted by atomic mass is 9.80. The molecule has 1 heteroatoms. The number of rotatable bonds is 10. The predicted molar refractivity (Wildman–Crippen MR) is 223 cm³/mol. The maximum atomic E-state index is 3.57. The molecule has 1 aliphatic carbocycles. The van der Waals surface area contributed by atoms with Crippen LogP contribution in [-0.2, 0) is 5.41 Å². The third-order valence-electron chi connectivity index (χ3n) is 10.8. The Morgan fingerprint density at radius 2 is 0.981 bits per heavy atom. The Bertz CT molecular complexity index is 2310. The maximum Gasteiger partial charge on any atom is 0.0384 e. The van der Waals surface area contributed by atoms with E-state index in [0.29, 0.717) is 5.92 Å². The molecule has 52 heavy (non-hydrogen) atoms. The summed E-state index contributed by atoms with van der Waals surface area (Å²) < 4.78 is 0. The van der Waals surface area contributed by atoms with Gasteiger partial charge in [-0.15, -0.1) is 0 Å². The molecule has 0 heterocycles. The summed E-state index contributed by atoms with van der Waals surface area (Å²) in [6.07, 6.45) is 6.99. The van der Waals surface area contributed by atoms with Crippen LogP contribution in [0.25, 0.3) is 50.6 Å². The van der Waals surface area contributed by atoms with E-state index in [-0.39, 0.29) is 5.41 Å². The summed E-state index contributed by atoms with van der Waals surface area (Å²) in [5.41, 5.74) is 17.8. The van der Waals surface area contributed by atoms with Crippen LogP contribution in [0, 0.1) is 0 Å². The molecule has 0 saturated carbocycles. The lowest BCUT2D eigenvalue weighted by molar-refractivity contribution is 0.655. The van der Waals surface area contributed by atoms with E-state index in [1.165, 1.54) is 66.8 Å². The summed E-state index contributed by atoms with van der Waals surface area (Å²) in [6, 6.07) is 61.7. The molecule has 0 aliphatic heterocycles. The van der Waals surface area contributed by atoms with Crippen molar-refractivity contribution in [3.8, 4) is 44.5 Å². The van der Waals surface area contributed by atoms with Gasteiger partial charge in [0.2, 0.25) is 0 Å². The van der Waals surface area contributed by atoms with E-state index in [9.17, 15) is 0 Å². The minimum Gasteiger partial charge on any atom is -0.356 e. The zero-order valence-electron chi connectivity index (χ0n) is 30.3. The molecule has 1 nitrogen and oxygen atoms in total. The van der Waals surface area contributed by atoms with Gasteiger partial charge in [0.25, 0.3) is 0 Å². The van der Waals surface area contributed by atoms with E-state index in [0.717, 1.165) is 24.2 Å². The van der Waals surface area contributed by atoms with Crippen LogP contribution in [-0.4, -0.2) is 0 Å². The fraction of sp³-hybridized carbons (Fsp3) is 0.137. The van der Waals surface area contributed by atoms with E-state index in [1.54, 1.807) is 0 Å². The molecular weight excluding hydrogens is 627 g/mol. The highest BCUT2D eigenvalue weighted by Crippen LogP contribution is 2.49. The minimum atomic E-state index is 0.0231. The van der Waals surface area contributed by atoms with Crippen molar-refractivity contribution >= 4 is 17.5 Å². The molecule has 254 valence electrons. The highest BCUT2D eigenvalue weighted by atomic mass is 14.9. The maximum absolute atomic E-state index is 3.57. The number of nitrogens with one attached hydrogen (secondary N) is 1. The SMILES string of the molecule is CCC[C@H](/C=C/c1ccc(-c2ccc(Nc3ccc(-c4ccc(-c5ccccc5)cc4)cc3)cc2)cc1)c1ccc2c(c1)C(C)(C)c1ccccc1-2. The highest BCUT2D eigenvalue weighted by molar-refractivity contribution is 5.81. The zero-order chi connectivity index (χ0) is 35.5. The molecule has 1 aliphatic rings. The molecular formula is C51H45N. The smallest absolute Gasteiger partial charge is 0.0384 e. The number of benzene rings is 7. The lowest BCUT2D eigenvalue weighted by Gasteiger charge is -2.23. The summed E-state index contributed by atoms with van der Waals surface area (Å²) in [4.78, 5) is 0. The van der Waals surface area contributed by atoms with Crippen molar-refractivity contribution in [1.82, 2.24) is 0 Å². The molecule has 0 amide bonds. The normalized spacial score (nSPS) is 13.4. The first-order chi connectivity index (χ1) is 25.5. The number of fused-ring (bicyclic) bond motifs is 3. The topological polar surface area (TPSA) is 12.0 Å². The molecule has 0 bridgehead atoms. The van der Waals surface area contributed by atoms with E-state index < -0.39 is 0 Å². The van der Waals surface area contributed by atoms with E-state index in [4.69, 9.17) is 0 Å². The van der Waals surface area contributed by atoms with Gasteiger partial charge in [0.15, 0.2) is 0 Å². The summed E-state index contributed by atoms with van der Waals surface area (Å²) in [6.45, 7) is 7.01. The first kappa shape index (κ1) is 33.2. The van der Waals surface area contributed by atoms with Gasteiger partial charge in [-0.1, -0.05) is 185 Å². The average Bonchev–Trinajstić information content (AvgIpc) is 3.43. The van der Waals surface area contributed by atoms with E-state index >= 15 is 0 Å². The Balaban J connectivity index is 0.907. The van der Waals surface area contributed by atoms with Crippen LogP contribution in [0.4, 0.5) is 11.4 Å². The standard InChI is InChI=1S/C51H45N/c1-4-10-37(44-29-34-48-47-13-8-9-14-49(47)51(2,3)50(48)35-44)18-15-36-16-19-39(20-17-36)42-25-30-45(31-26-42)52-46-32-27-43(28-33-46)41-23-21-40(22-24-41)38-11-6-5-7-12-38/h5-9,11-35,37,52H,4,10H2,1-3H3/b18-15+/t37-/m1/s1. The largest absolute Gasteiger partial charge is 0.356 e. The molecule has 0 spiro atoms. The second kappa shape index (κ2) is 14.4. The second-order valence-electron chi connectivity index (χ2n) is 14.6. The number of hydrogen-bond acceptors (Lipinski definition) is 1. The Morgan fingerprint density at radius 3 is 1.56 bits per heavy atom. The molecule has 7 aromatic carbocycles. The molecule has 0 unspecified atom stereocenters. The summed E-state index contributed by atoms with van der Waals surface area (Å²) in [5, 5.41) is 3.57. The van der Waals surface area contributed by atoms with Gasteiger partial charge in [0.05, 0.1) is 0 Å². The Kier molecular flexibility index (Phi) is 9.18. The summed E-state index contributed by atoms with van der Waals surface area (Å²) >= 11 is 0. The Hall–Kier alpha value is -5.92. The van der Waals surface area contributed by atoms with Crippen molar-refractivity contribution in [3.63, 3.8) is 0 Å². The Morgan fingerprint density at radius 1 is 0.500 bits per heavy atom. The number of hydrogen-bond donors (Lipinski definition) is 1. The molecule has 8 rings (SSSR count). The molecule has 0 fully saturated rings. The fourth-order valence-corrected chi connectivity index (χ4v) is 7.80. The van der Waals surface area contributed by atoms with E-state index in [2.05, 4.69) is 208 Å². The van der Waals surface area contributed by atoms with Gasteiger partial charge in [-0.05, 0) is 97.4 Å². The van der Waals surface area contributed by atoms with Gasteiger partial charge in [-0.3, -0.25) is 0 Å². The third kappa shape index (κ3) is 6.75.